The number of aliphatic hydroxyl groups is 1. The van der Waals surface area contributed by atoms with Gasteiger partial charge in [0.05, 0.1) is 6.10 Å². The summed E-state index contributed by atoms with van der Waals surface area (Å²) in [5.41, 5.74) is 0. The van der Waals surface area contributed by atoms with Crippen molar-refractivity contribution >= 4 is 5.82 Å². The smallest absolute Gasteiger partial charge is 0.132 e. The number of rotatable bonds is 1. The van der Waals surface area contributed by atoms with Gasteiger partial charge >= 0.3 is 0 Å². The Balaban J connectivity index is 2.16. The fraction of sp³-hybridized carbons (Fsp3) is 0.556. The zero-order chi connectivity index (χ0) is 9.26. The van der Waals surface area contributed by atoms with Gasteiger partial charge in [0.1, 0.15) is 11.6 Å². The number of nitrogens with zero attached hydrogens (tertiary/aromatic N) is 3. The van der Waals surface area contributed by atoms with Gasteiger partial charge in [-0.25, -0.2) is 9.97 Å². The van der Waals surface area contributed by atoms with Crippen LogP contribution in [0.2, 0.25) is 0 Å². The van der Waals surface area contributed by atoms with Crippen LogP contribution in [0.5, 0.6) is 0 Å². The van der Waals surface area contributed by atoms with Crippen molar-refractivity contribution < 1.29 is 5.11 Å². The van der Waals surface area contributed by atoms with E-state index in [0.717, 1.165) is 24.6 Å². The monoisotopic (exact) mass is 179 g/mol. The second kappa shape index (κ2) is 3.30. The average molecular weight is 179 g/mol. The van der Waals surface area contributed by atoms with Gasteiger partial charge in [0, 0.05) is 19.3 Å². The van der Waals surface area contributed by atoms with Gasteiger partial charge in [-0.05, 0) is 19.4 Å². The van der Waals surface area contributed by atoms with E-state index in [0.29, 0.717) is 6.54 Å². The highest BCUT2D eigenvalue weighted by Gasteiger charge is 2.20. The van der Waals surface area contributed by atoms with Crippen LogP contribution in [0.4, 0.5) is 5.82 Å². The third-order valence-corrected chi connectivity index (χ3v) is 2.25. The highest BCUT2D eigenvalue weighted by Crippen LogP contribution is 2.16. The summed E-state index contributed by atoms with van der Waals surface area (Å²) in [6, 6.07) is 1.88. The third-order valence-electron chi connectivity index (χ3n) is 2.25. The molecule has 4 nitrogen and oxygen atoms in total. The van der Waals surface area contributed by atoms with Crippen molar-refractivity contribution in [2.45, 2.75) is 19.4 Å². The first-order valence-corrected chi connectivity index (χ1v) is 4.48. The molecule has 1 aromatic rings. The Labute approximate surface area is 77.2 Å². The first-order chi connectivity index (χ1) is 6.25. The molecule has 1 aliphatic heterocycles. The van der Waals surface area contributed by atoms with Crippen LogP contribution in [0.3, 0.4) is 0 Å². The van der Waals surface area contributed by atoms with Crippen molar-refractivity contribution in [3.63, 3.8) is 0 Å². The van der Waals surface area contributed by atoms with Gasteiger partial charge in [0.25, 0.3) is 0 Å². The number of aliphatic hydroxyl groups excluding tert-OH is 1. The SMILES string of the molecule is Cc1nccc(N2CC[C@H](O)C2)n1. The fourth-order valence-corrected chi connectivity index (χ4v) is 1.57. The minimum atomic E-state index is -0.199. The Kier molecular flexibility index (Phi) is 2.14. The normalized spacial score (nSPS) is 22.3. The fourth-order valence-electron chi connectivity index (χ4n) is 1.57. The van der Waals surface area contributed by atoms with Crippen LogP contribution in [0.1, 0.15) is 12.2 Å². The molecule has 0 amide bonds. The standard InChI is InChI=1S/C9H13N3O/c1-7-10-4-2-9(11-7)12-5-3-8(13)6-12/h2,4,8,13H,3,5-6H2,1H3/t8-/m0/s1. The molecule has 2 rings (SSSR count). The largest absolute Gasteiger partial charge is 0.391 e. The van der Waals surface area contributed by atoms with Crippen molar-refractivity contribution in [1.82, 2.24) is 9.97 Å². The highest BCUT2D eigenvalue weighted by molar-refractivity contribution is 5.38. The maximum absolute atomic E-state index is 9.35. The molecule has 0 saturated carbocycles. The lowest BCUT2D eigenvalue weighted by Gasteiger charge is -2.15. The summed E-state index contributed by atoms with van der Waals surface area (Å²) >= 11 is 0. The second-order valence-corrected chi connectivity index (χ2v) is 3.35. The van der Waals surface area contributed by atoms with Crippen molar-refractivity contribution in [3.05, 3.63) is 18.1 Å². The summed E-state index contributed by atoms with van der Waals surface area (Å²) in [5.74, 6) is 1.70. The molecule has 0 radical (unpaired) electrons. The Morgan fingerprint density at radius 1 is 1.62 bits per heavy atom. The molecule has 0 bridgehead atoms. The van der Waals surface area contributed by atoms with E-state index >= 15 is 0 Å². The van der Waals surface area contributed by atoms with Gasteiger partial charge in [0.15, 0.2) is 0 Å². The molecule has 1 saturated heterocycles. The molecular formula is C9H13N3O. The van der Waals surface area contributed by atoms with Crippen molar-refractivity contribution in [3.8, 4) is 0 Å². The lowest BCUT2D eigenvalue weighted by Crippen LogP contribution is -2.22. The second-order valence-electron chi connectivity index (χ2n) is 3.35. The number of aromatic nitrogens is 2. The van der Waals surface area contributed by atoms with Gasteiger partial charge < -0.3 is 10.0 Å². The van der Waals surface area contributed by atoms with Crippen LogP contribution in [0.25, 0.3) is 0 Å². The molecule has 0 unspecified atom stereocenters. The van der Waals surface area contributed by atoms with Crippen LogP contribution in [-0.4, -0.2) is 34.3 Å². The summed E-state index contributed by atoms with van der Waals surface area (Å²) in [4.78, 5) is 10.4. The van der Waals surface area contributed by atoms with E-state index in [1.54, 1.807) is 6.20 Å². The van der Waals surface area contributed by atoms with Crippen molar-refractivity contribution in [2.24, 2.45) is 0 Å². The molecular weight excluding hydrogens is 166 g/mol. The first-order valence-electron chi connectivity index (χ1n) is 4.48. The molecule has 0 aliphatic carbocycles. The quantitative estimate of drug-likeness (QED) is 0.676. The molecule has 1 atom stereocenters. The number of hydrogen-bond donors (Lipinski definition) is 1. The molecule has 0 spiro atoms. The minimum absolute atomic E-state index is 0.199. The van der Waals surface area contributed by atoms with E-state index in [1.807, 2.05) is 13.0 Å². The van der Waals surface area contributed by atoms with Crippen molar-refractivity contribution in [2.75, 3.05) is 18.0 Å². The van der Waals surface area contributed by atoms with Crippen molar-refractivity contribution in [1.29, 1.82) is 0 Å². The van der Waals surface area contributed by atoms with Crippen LogP contribution in [-0.2, 0) is 0 Å². The summed E-state index contributed by atoms with van der Waals surface area (Å²) < 4.78 is 0. The van der Waals surface area contributed by atoms with E-state index in [9.17, 15) is 5.11 Å². The maximum Gasteiger partial charge on any atom is 0.132 e. The van der Waals surface area contributed by atoms with E-state index in [-0.39, 0.29) is 6.10 Å². The Morgan fingerprint density at radius 2 is 2.46 bits per heavy atom. The molecule has 1 aliphatic rings. The number of β-amino-alcohol motifs (C(OH)–C–C–N with tert-alkyl or cyclic N) is 1. The summed E-state index contributed by atoms with van der Waals surface area (Å²) in [6.45, 7) is 3.45. The molecule has 1 fully saturated rings. The predicted molar refractivity (Wildman–Crippen MR) is 49.6 cm³/mol. The molecule has 13 heavy (non-hydrogen) atoms. The molecule has 4 heteroatoms. The van der Waals surface area contributed by atoms with Gasteiger partial charge in [-0.15, -0.1) is 0 Å². The minimum Gasteiger partial charge on any atom is -0.391 e. The molecule has 0 aromatic carbocycles. The Hall–Kier alpha value is -1.16. The van der Waals surface area contributed by atoms with Crippen LogP contribution < -0.4 is 4.90 Å². The molecule has 1 N–H and O–H groups in total. The van der Waals surface area contributed by atoms with E-state index in [1.165, 1.54) is 0 Å². The van der Waals surface area contributed by atoms with Crippen LogP contribution in [0, 0.1) is 6.92 Å². The number of anilines is 1. The lowest BCUT2D eigenvalue weighted by atomic mass is 10.3. The lowest BCUT2D eigenvalue weighted by molar-refractivity contribution is 0.198. The van der Waals surface area contributed by atoms with Gasteiger partial charge in [-0.1, -0.05) is 0 Å². The number of aryl methyl sites for hydroxylation is 1. The van der Waals surface area contributed by atoms with Gasteiger partial charge in [0.2, 0.25) is 0 Å². The summed E-state index contributed by atoms with van der Waals surface area (Å²) in [6.07, 6.45) is 2.39. The number of hydrogen-bond acceptors (Lipinski definition) is 4. The molecule has 2 heterocycles. The van der Waals surface area contributed by atoms with Gasteiger partial charge in [-0.2, -0.15) is 0 Å². The average Bonchev–Trinajstić information content (AvgIpc) is 2.52. The van der Waals surface area contributed by atoms with Crippen LogP contribution in [0.15, 0.2) is 12.3 Å². The summed E-state index contributed by atoms with van der Waals surface area (Å²) in [7, 11) is 0. The van der Waals surface area contributed by atoms with E-state index in [4.69, 9.17) is 0 Å². The zero-order valence-corrected chi connectivity index (χ0v) is 7.64. The topological polar surface area (TPSA) is 49.2 Å². The molecule has 70 valence electrons. The summed E-state index contributed by atoms with van der Waals surface area (Å²) in [5, 5.41) is 9.35. The zero-order valence-electron chi connectivity index (χ0n) is 7.64. The maximum atomic E-state index is 9.35. The highest BCUT2D eigenvalue weighted by atomic mass is 16.3. The third kappa shape index (κ3) is 1.78. The van der Waals surface area contributed by atoms with E-state index in [2.05, 4.69) is 14.9 Å². The molecule has 1 aromatic heterocycles. The predicted octanol–water partition coefficient (Wildman–Crippen LogP) is 0.356. The Morgan fingerprint density at radius 3 is 3.08 bits per heavy atom. The van der Waals surface area contributed by atoms with E-state index < -0.39 is 0 Å². The van der Waals surface area contributed by atoms with Gasteiger partial charge in [-0.3, -0.25) is 0 Å². The Bertz CT molecular complexity index is 303. The van der Waals surface area contributed by atoms with Crippen LogP contribution >= 0.6 is 0 Å². The first kappa shape index (κ1) is 8.44.